The first-order valence-corrected chi connectivity index (χ1v) is 13.1. The summed E-state index contributed by atoms with van der Waals surface area (Å²) >= 11 is 0. The van der Waals surface area contributed by atoms with Crippen molar-refractivity contribution in [1.29, 1.82) is 5.26 Å². The number of hydrogen-bond donors (Lipinski definition) is 1. The minimum atomic E-state index is -3.44. The third-order valence-corrected chi connectivity index (χ3v) is 7.41. The van der Waals surface area contributed by atoms with Gasteiger partial charge in [0.2, 0.25) is 11.8 Å². The standard InChI is InChI=1S/C25H23F3N4O3S/c1-36(34,35)19-8-2-16(3-9-19)22-15-32(18-6-4-17(26)5-7-18)31-23(22)20-10-11-25(27,28)14-21(20)24(33)30-13-12-29/h2-9,15,20-21H,10-11,13-14H2,1H3,(H,30,33)/t20-,21-/m0/s1. The number of aromatic nitrogens is 2. The topological polar surface area (TPSA) is 105 Å². The summed E-state index contributed by atoms with van der Waals surface area (Å²) in [5, 5.41) is 15.8. The van der Waals surface area contributed by atoms with E-state index in [2.05, 4.69) is 10.4 Å². The van der Waals surface area contributed by atoms with E-state index in [1.54, 1.807) is 24.4 Å². The van der Waals surface area contributed by atoms with Crippen molar-refractivity contribution in [3.8, 4) is 22.9 Å². The van der Waals surface area contributed by atoms with Gasteiger partial charge in [0.05, 0.1) is 28.3 Å². The Morgan fingerprint density at radius 1 is 1.19 bits per heavy atom. The molecule has 1 fully saturated rings. The second-order valence-corrected chi connectivity index (χ2v) is 10.8. The second kappa shape index (κ2) is 9.78. The van der Waals surface area contributed by atoms with Crippen LogP contribution in [0.4, 0.5) is 13.2 Å². The van der Waals surface area contributed by atoms with E-state index >= 15 is 0 Å². The number of sulfone groups is 1. The fraction of sp³-hybridized carbons (Fsp3) is 0.320. The summed E-state index contributed by atoms with van der Waals surface area (Å²) in [6.45, 7) is -0.308. The maximum atomic E-state index is 14.4. The Balaban J connectivity index is 1.83. The summed E-state index contributed by atoms with van der Waals surface area (Å²) in [6.07, 6.45) is 1.59. The van der Waals surface area contributed by atoms with Crippen molar-refractivity contribution in [2.24, 2.45) is 5.92 Å². The number of amides is 1. The highest BCUT2D eigenvalue weighted by molar-refractivity contribution is 7.90. The van der Waals surface area contributed by atoms with Crippen LogP contribution in [-0.4, -0.2) is 42.8 Å². The molecule has 2 aromatic carbocycles. The Morgan fingerprint density at radius 2 is 1.86 bits per heavy atom. The molecule has 1 amide bonds. The van der Waals surface area contributed by atoms with Crippen LogP contribution in [0, 0.1) is 23.1 Å². The molecule has 0 bridgehead atoms. The molecule has 3 aromatic rings. The molecule has 1 heterocycles. The molecule has 0 aliphatic heterocycles. The van der Waals surface area contributed by atoms with Crippen LogP contribution in [0.2, 0.25) is 0 Å². The molecule has 11 heteroatoms. The average molecular weight is 517 g/mol. The molecule has 36 heavy (non-hydrogen) atoms. The largest absolute Gasteiger partial charge is 0.343 e. The van der Waals surface area contributed by atoms with E-state index in [9.17, 15) is 26.4 Å². The molecule has 0 radical (unpaired) electrons. The molecule has 0 spiro atoms. The number of carbonyl (C=O) groups is 1. The Kier molecular flexibility index (Phi) is 6.91. The third-order valence-electron chi connectivity index (χ3n) is 6.28. The molecule has 0 saturated heterocycles. The molecule has 4 rings (SSSR count). The number of hydrogen-bond acceptors (Lipinski definition) is 5. The molecule has 0 unspecified atom stereocenters. The number of alkyl halides is 2. The highest BCUT2D eigenvalue weighted by Crippen LogP contribution is 2.47. The van der Waals surface area contributed by atoms with E-state index in [1.165, 1.54) is 41.1 Å². The lowest BCUT2D eigenvalue weighted by molar-refractivity contribution is -0.133. The molecule has 1 saturated carbocycles. The quantitative estimate of drug-likeness (QED) is 0.494. The molecule has 1 aliphatic rings. The fourth-order valence-electron chi connectivity index (χ4n) is 4.49. The number of halogens is 3. The van der Waals surface area contributed by atoms with Crippen LogP contribution in [0.3, 0.4) is 0 Å². The predicted molar refractivity (Wildman–Crippen MR) is 126 cm³/mol. The van der Waals surface area contributed by atoms with Crippen molar-refractivity contribution >= 4 is 15.7 Å². The number of carbonyl (C=O) groups excluding carboxylic acids is 1. The van der Waals surface area contributed by atoms with Gasteiger partial charge in [-0.1, -0.05) is 12.1 Å². The lowest BCUT2D eigenvalue weighted by Gasteiger charge is -2.34. The van der Waals surface area contributed by atoms with Gasteiger partial charge in [-0.2, -0.15) is 10.4 Å². The number of rotatable bonds is 6. The molecule has 1 aromatic heterocycles. The van der Waals surface area contributed by atoms with Gasteiger partial charge in [0, 0.05) is 36.8 Å². The zero-order valence-electron chi connectivity index (χ0n) is 19.3. The lowest BCUT2D eigenvalue weighted by Crippen LogP contribution is -2.41. The first kappa shape index (κ1) is 25.4. The lowest BCUT2D eigenvalue weighted by atomic mass is 9.74. The van der Waals surface area contributed by atoms with Crippen molar-refractivity contribution in [3.05, 3.63) is 66.2 Å². The summed E-state index contributed by atoms with van der Waals surface area (Å²) in [4.78, 5) is 12.9. The van der Waals surface area contributed by atoms with E-state index in [0.717, 1.165) is 6.26 Å². The first-order chi connectivity index (χ1) is 17.0. The monoisotopic (exact) mass is 516 g/mol. The van der Waals surface area contributed by atoms with E-state index in [4.69, 9.17) is 5.26 Å². The highest BCUT2D eigenvalue weighted by atomic mass is 32.2. The van der Waals surface area contributed by atoms with Gasteiger partial charge >= 0.3 is 0 Å². The number of nitrogens with one attached hydrogen (secondary N) is 1. The summed E-state index contributed by atoms with van der Waals surface area (Å²) in [5.41, 5.74) is 2.02. The van der Waals surface area contributed by atoms with Gasteiger partial charge in [-0.15, -0.1) is 0 Å². The van der Waals surface area contributed by atoms with Gasteiger partial charge in [-0.3, -0.25) is 4.79 Å². The van der Waals surface area contributed by atoms with Gasteiger partial charge in [0.1, 0.15) is 12.4 Å². The molecular weight excluding hydrogens is 493 g/mol. The summed E-state index contributed by atoms with van der Waals surface area (Å²) in [7, 11) is -3.44. The van der Waals surface area contributed by atoms with Gasteiger partial charge in [-0.25, -0.2) is 26.3 Å². The van der Waals surface area contributed by atoms with E-state index in [0.29, 0.717) is 22.5 Å². The summed E-state index contributed by atoms with van der Waals surface area (Å²) in [5.74, 6) is -5.95. The normalized spacial score (nSPS) is 19.4. The van der Waals surface area contributed by atoms with Crippen LogP contribution < -0.4 is 5.32 Å². The molecule has 2 atom stereocenters. The van der Waals surface area contributed by atoms with Crippen molar-refractivity contribution in [2.45, 2.75) is 36.0 Å². The van der Waals surface area contributed by atoms with Crippen LogP contribution in [0.5, 0.6) is 0 Å². The molecular formula is C25H23F3N4O3S. The van der Waals surface area contributed by atoms with Crippen molar-refractivity contribution in [3.63, 3.8) is 0 Å². The number of nitriles is 1. The molecule has 1 N–H and O–H groups in total. The minimum Gasteiger partial charge on any atom is -0.343 e. The number of benzene rings is 2. The van der Waals surface area contributed by atoms with Gasteiger partial charge < -0.3 is 5.32 Å². The maximum Gasteiger partial charge on any atom is 0.249 e. The van der Waals surface area contributed by atoms with E-state index in [-0.39, 0.29) is 17.9 Å². The Hall–Kier alpha value is -3.65. The summed E-state index contributed by atoms with van der Waals surface area (Å²) < 4.78 is 67.4. The predicted octanol–water partition coefficient (Wildman–Crippen LogP) is 4.24. The third kappa shape index (κ3) is 5.44. The van der Waals surface area contributed by atoms with Crippen LogP contribution in [0.25, 0.3) is 16.8 Å². The first-order valence-electron chi connectivity index (χ1n) is 11.2. The van der Waals surface area contributed by atoms with Crippen LogP contribution in [0.15, 0.2) is 59.6 Å². The van der Waals surface area contributed by atoms with Gasteiger partial charge in [0.25, 0.3) is 0 Å². The summed E-state index contributed by atoms with van der Waals surface area (Å²) in [6, 6.07) is 13.4. The van der Waals surface area contributed by atoms with Crippen LogP contribution in [0.1, 0.15) is 30.9 Å². The molecule has 7 nitrogen and oxygen atoms in total. The zero-order valence-corrected chi connectivity index (χ0v) is 20.1. The van der Waals surface area contributed by atoms with Crippen LogP contribution in [-0.2, 0) is 14.6 Å². The smallest absolute Gasteiger partial charge is 0.249 e. The second-order valence-electron chi connectivity index (χ2n) is 8.83. The molecule has 1 aliphatic carbocycles. The Bertz CT molecular complexity index is 1410. The van der Waals surface area contributed by atoms with E-state index in [1.807, 2.05) is 0 Å². The van der Waals surface area contributed by atoms with Crippen LogP contribution >= 0.6 is 0 Å². The van der Waals surface area contributed by atoms with Gasteiger partial charge in [0.15, 0.2) is 9.84 Å². The van der Waals surface area contributed by atoms with Crippen molar-refractivity contribution in [2.75, 3.05) is 12.8 Å². The SMILES string of the molecule is CS(=O)(=O)c1ccc(-c2cn(-c3ccc(F)cc3)nc2[C@H]2CCC(F)(F)C[C@@H]2C(=O)NCC#N)cc1. The van der Waals surface area contributed by atoms with Gasteiger partial charge in [-0.05, 0) is 48.4 Å². The highest BCUT2D eigenvalue weighted by Gasteiger charge is 2.46. The minimum absolute atomic E-state index is 0.0213. The number of nitrogens with zero attached hydrogens (tertiary/aromatic N) is 3. The maximum absolute atomic E-state index is 14.4. The van der Waals surface area contributed by atoms with Crippen molar-refractivity contribution < 1.29 is 26.4 Å². The Morgan fingerprint density at radius 3 is 2.47 bits per heavy atom. The average Bonchev–Trinajstić information content (AvgIpc) is 3.27. The van der Waals surface area contributed by atoms with Crippen molar-refractivity contribution in [1.82, 2.24) is 15.1 Å². The molecule has 188 valence electrons. The Labute approximate surface area is 206 Å². The van der Waals surface area contributed by atoms with E-state index < -0.39 is 52.2 Å². The zero-order chi connectivity index (χ0) is 26.1. The fourth-order valence-corrected chi connectivity index (χ4v) is 5.12.